The van der Waals surface area contributed by atoms with Crippen LogP contribution >= 0.6 is 0 Å². The molecular formula is C21H20FN3O2. The van der Waals surface area contributed by atoms with Crippen LogP contribution in [0.3, 0.4) is 0 Å². The van der Waals surface area contributed by atoms with Crippen molar-refractivity contribution < 1.29 is 13.9 Å². The molecular weight excluding hydrogens is 345 g/mol. The van der Waals surface area contributed by atoms with Crippen LogP contribution in [0, 0.1) is 11.7 Å². The van der Waals surface area contributed by atoms with Gasteiger partial charge in [-0.25, -0.2) is 14.4 Å². The second kappa shape index (κ2) is 7.31. The number of fused-ring (bicyclic) bond motifs is 1. The van der Waals surface area contributed by atoms with Crippen LogP contribution < -0.4 is 9.64 Å². The molecule has 1 fully saturated rings. The number of anilines is 1. The minimum Gasteiger partial charge on any atom is -0.497 e. The van der Waals surface area contributed by atoms with E-state index in [-0.39, 0.29) is 17.5 Å². The van der Waals surface area contributed by atoms with Gasteiger partial charge in [0.1, 0.15) is 29.2 Å². The Bertz CT molecular complexity index is 967. The molecule has 6 heteroatoms. The summed E-state index contributed by atoms with van der Waals surface area (Å²) < 4.78 is 19.1. The Labute approximate surface area is 156 Å². The minimum absolute atomic E-state index is 0.0144. The number of piperidine rings is 1. The molecule has 138 valence electrons. The Morgan fingerprint density at radius 3 is 2.56 bits per heavy atom. The Morgan fingerprint density at radius 2 is 1.85 bits per heavy atom. The molecule has 1 aliphatic heterocycles. The van der Waals surface area contributed by atoms with Gasteiger partial charge in [0.25, 0.3) is 0 Å². The van der Waals surface area contributed by atoms with Gasteiger partial charge in [0.2, 0.25) is 0 Å². The highest BCUT2D eigenvalue weighted by molar-refractivity contribution is 5.98. The number of para-hydroxylation sites is 1. The molecule has 0 radical (unpaired) electrons. The van der Waals surface area contributed by atoms with E-state index >= 15 is 0 Å². The monoisotopic (exact) mass is 365 g/mol. The van der Waals surface area contributed by atoms with Crippen LogP contribution in [0.15, 0.2) is 48.8 Å². The molecule has 1 aromatic heterocycles. The summed E-state index contributed by atoms with van der Waals surface area (Å²) in [5.41, 5.74) is 1.04. The van der Waals surface area contributed by atoms with E-state index < -0.39 is 0 Å². The number of aromatic nitrogens is 2. The first-order chi connectivity index (χ1) is 13.2. The Hall–Kier alpha value is -3.02. The quantitative estimate of drug-likeness (QED) is 0.657. The lowest BCUT2D eigenvalue weighted by atomic mass is 9.89. The van der Waals surface area contributed by atoms with Gasteiger partial charge in [-0.2, -0.15) is 0 Å². The average molecular weight is 365 g/mol. The molecule has 2 aromatic carbocycles. The average Bonchev–Trinajstić information content (AvgIpc) is 2.73. The number of hydrogen-bond acceptors (Lipinski definition) is 5. The van der Waals surface area contributed by atoms with Crippen molar-refractivity contribution in [2.45, 2.75) is 12.8 Å². The van der Waals surface area contributed by atoms with Crippen LogP contribution in [0.2, 0.25) is 0 Å². The van der Waals surface area contributed by atoms with E-state index in [1.807, 2.05) is 30.3 Å². The van der Waals surface area contributed by atoms with E-state index in [0.717, 1.165) is 24.4 Å². The molecule has 0 N–H and O–H groups in total. The normalized spacial score (nSPS) is 15.1. The van der Waals surface area contributed by atoms with E-state index in [1.165, 1.54) is 12.4 Å². The van der Waals surface area contributed by atoms with Crippen molar-refractivity contribution in [1.82, 2.24) is 9.97 Å². The largest absolute Gasteiger partial charge is 0.497 e. The first-order valence-electron chi connectivity index (χ1n) is 9.00. The lowest BCUT2D eigenvalue weighted by Gasteiger charge is -2.32. The number of halogens is 1. The maximum atomic E-state index is 14.0. The van der Waals surface area contributed by atoms with Crippen molar-refractivity contribution in [3.63, 3.8) is 0 Å². The van der Waals surface area contributed by atoms with Crippen LogP contribution in [-0.4, -0.2) is 36.0 Å². The van der Waals surface area contributed by atoms with Crippen molar-refractivity contribution in [2.75, 3.05) is 25.1 Å². The number of Topliss-reactive ketones (excluding diaryl/α,β-unsaturated/α-hetero) is 1. The number of ketones is 1. The second-order valence-electron chi connectivity index (χ2n) is 6.69. The summed E-state index contributed by atoms with van der Waals surface area (Å²) in [7, 11) is 1.61. The van der Waals surface area contributed by atoms with Crippen molar-refractivity contribution in [2.24, 2.45) is 5.92 Å². The van der Waals surface area contributed by atoms with Gasteiger partial charge in [0.05, 0.1) is 7.11 Å². The number of carbonyl (C=O) groups is 1. The van der Waals surface area contributed by atoms with Crippen LogP contribution in [0.25, 0.3) is 10.9 Å². The van der Waals surface area contributed by atoms with Crippen molar-refractivity contribution in [1.29, 1.82) is 0 Å². The number of hydrogen-bond donors (Lipinski definition) is 0. The molecule has 3 aromatic rings. The zero-order chi connectivity index (χ0) is 18.8. The van der Waals surface area contributed by atoms with Crippen LogP contribution in [0.4, 0.5) is 10.2 Å². The van der Waals surface area contributed by atoms with Crippen LogP contribution in [-0.2, 0) is 0 Å². The Morgan fingerprint density at radius 1 is 1.11 bits per heavy atom. The second-order valence-corrected chi connectivity index (χ2v) is 6.69. The van der Waals surface area contributed by atoms with Gasteiger partial charge in [-0.1, -0.05) is 6.07 Å². The van der Waals surface area contributed by atoms with Crippen molar-refractivity contribution >= 4 is 22.5 Å². The third-order valence-electron chi connectivity index (χ3n) is 5.13. The first kappa shape index (κ1) is 17.4. The fourth-order valence-corrected chi connectivity index (χ4v) is 3.63. The molecule has 5 nitrogen and oxygen atoms in total. The molecule has 0 saturated carbocycles. The number of methoxy groups -OCH3 is 1. The SMILES string of the molecule is COc1ccc(C(=O)C2CCN(c3ncnc4c(F)cccc34)CC2)cc1. The molecule has 1 aliphatic rings. The van der Waals surface area contributed by atoms with Gasteiger partial charge in [-0.15, -0.1) is 0 Å². The molecule has 0 aliphatic carbocycles. The molecule has 0 bridgehead atoms. The summed E-state index contributed by atoms with van der Waals surface area (Å²) in [6.07, 6.45) is 2.88. The van der Waals surface area contributed by atoms with E-state index in [0.29, 0.717) is 29.6 Å². The van der Waals surface area contributed by atoms with E-state index in [2.05, 4.69) is 14.9 Å². The predicted molar refractivity (Wildman–Crippen MR) is 102 cm³/mol. The van der Waals surface area contributed by atoms with E-state index in [1.54, 1.807) is 13.2 Å². The zero-order valence-electron chi connectivity index (χ0n) is 15.1. The summed E-state index contributed by atoms with van der Waals surface area (Å²) in [5, 5.41) is 0.706. The van der Waals surface area contributed by atoms with Gasteiger partial charge in [-0.05, 0) is 49.2 Å². The molecule has 1 saturated heterocycles. The predicted octanol–water partition coefficient (Wildman–Crippen LogP) is 3.88. The molecule has 0 atom stereocenters. The molecule has 27 heavy (non-hydrogen) atoms. The Kier molecular flexibility index (Phi) is 4.71. The smallest absolute Gasteiger partial charge is 0.166 e. The van der Waals surface area contributed by atoms with Gasteiger partial charge in [-0.3, -0.25) is 4.79 Å². The number of carbonyl (C=O) groups excluding carboxylic acids is 1. The lowest BCUT2D eigenvalue weighted by Crippen LogP contribution is -2.37. The van der Waals surface area contributed by atoms with Crippen molar-refractivity contribution in [3.8, 4) is 5.75 Å². The van der Waals surface area contributed by atoms with Gasteiger partial charge in [0, 0.05) is 30.0 Å². The molecule has 2 heterocycles. The fourth-order valence-electron chi connectivity index (χ4n) is 3.63. The van der Waals surface area contributed by atoms with E-state index in [4.69, 9.17) is 4.74 Å². The first-order valence-corrected chi connectivity index (χ1v) is 9.00. The number of nitrogens with zero attached hydrogens (tertiary/aromatic N) is 3. The van der Waals surface area contributed by atoms with Gasteiger partial charge < -0.3 is 9.64 Å². The van der Waals surface area contributed by atoms with E-state index in [9.17, 15) is 9.18 Å². The molecule has 4 rings (SSSR count). The molecule has 0 amide bonds. The summed E-state index contributed by atoms with van der Waals surface area (Å²) in [6.45, 7) is 1.41. The third kappa shape index (κ3) is 3.35. The van der Waals surface area contributed by atoms with Gasteiger partial charge >= 0.3 is 0 Å². The number of benzene rings is 2. The molecule has 0 spiro atoms. The summed E-state index contributed by atoms with van der Waals surface area (Å²) in [4.78, 5) is 23.3. The topological polar surface area (TPSA) is 55.3 Å². The number of rotatable bonds is 4. The van der Waals surface area contributed by atoms with Gasteiger partial charge in [0.15, 0.2) is 5.78 Å². The summed E-state index contributed by atoms with van der Waals surface area (Å²) >= 11 is 0. The number of ether oxygens (including phenoxy) is 1. The zero-order valence-corrected chi connectivity index (χ0v) is 15.1. The van der Waals surface area contributed by atoms with Crippen molar-refractivity contribution in [3.05, 3.63) is 60.2 Å². The highest BCUT2D eigenvalue weighted by Gasteiger charge is 2.27. The summed E-state index contributed by atoms with van der Waals surface area (Å²) in [5.74, 6) is 1.27. The van der Waals surface area contributed by atoms with Crippen LogP contribution in [0.5, 0.6) is 5.75 Å². The highest BCUT2D eigenvalue weighted by atomic mass is 19.1. The lowest BCUT2D eigenvalue weighted by molar-refractivity contribution is 0.0900. The maximum absolute atomic E-state index is 14.0. The summed E-state index contributed by atoms with van der Waals surface area (Å²) in [6, 6.07) is 12.2. The third-order valence-corrected chi connectivity index (χ3v) is 5.13. The van der Waals surface area contributed by atoms with Crippen LogP contribution in [0.1, 0.15) is 23.2 Å². The Balaban J connectivity index is 1.49. The minimum atomic E-state index is -0.347. The standard InChI is InChI=1S/C21H20FN3O2/c1-27-16-7-5-14(6-8-16)20(26)15-9-11-25(12-10-15)21-17-3-2-4-18(22)19(17)23-13-24-21/h2-8,13,15H,9-12H2,1H3. The maximum Gasteiger partial charge on any atom is 0.166 e. The molecule has 0 unspecified atom stereocenters. The fraction of sp³-hybridized carbons (Fsp3) is 0.286. The highest BCUT2D eigenvalue weighted by Crippen LogP contribution is 2.29.